The Kier molecular flexibility index (Phi) is 7.34. The van der Waals surface area contributed by atoms with Crippen molar-refractivity contribution in [3.05, 3.63) is 58.6 Å². The van der Waals surface area contributed by atoms with Crippen molar-refractivity contribution >= 4 is 41.0 Å². The molecule has 1 atom stereocenters. The van der Waals surface area contributed by atoms with E-state index in [-0.39, 0.29) is 40.0 Å². The number of allylic oxidation sites excluding steroid dienone is 1. The predicted octanol–water partition coefficient (Wildman–Crippen LogP) is 1.67. The molecule has 3 aliphatic heterocycles. The Hall–Kier alpha value is -3.90. The number of nitrogens with zero attached hydrogens (tertiary/aromatic N) is 4. The molecule has 0 saturated carbocycles. The Labute approximate surface area is 224 Å². The molecule has 200 valence electrons. The first-order valence-electron chi connectivity index (χ1n) is 12.5. The van der Waals surface area contributed by atoms with Crippen LogP contribution in [0.3, 0.4) is 0 Å². The Morgan fingerprint density at radius 3 is 2.68 bits per heavy atom. The van der Waals surface area contributed by atoms with Gasteiger partial charge in [-0.25, -0.2) is 9.97 Å². The molecule has 0 aliphatic carbocycles. The van der Waals surface area contributed by atoms with Crippen molar-refractivity contribution in [2.75, 3.05) is 31.1 Å². The molecule has 1 aromatic carbocycles. The second-order valence-corrected chi connectivity index (χ2v) is 9.99. The van der Waals surface area contributed by atoms with E-state index in [1.807, 2.05) is 23.1 Å². The third-order valence-electron chi connectivity index (χ3n) is 6.99. The van der Waals surface area contributed by atoms with Crippen molar-refractivity contribution in [3.63, 3.8) is 0 Å². The maximum absolute atomic E-state index is 12.8. The molecule has 0 bridgehead atoms. The summed E-state index contributed by atoms with van der Waals surface area (Å²) >= 11 is 5.87. The molecular formula is C25H30ClN9O3. The first-order valence-corrected chi connectivity index (χ1v) is 12.9. The molecule has 1 unspecified atom stereocenters. The Morgan fingerprint density at radius 2 is 1.92 bits per heavy atom. The van der Waals surface area contributed by atoms with Crippen LogP contribution in [0.5, 0.6) is 0 Å². The maximum atomic E-state index is 12.8. The maximum Gasteiger partial charge on any atom is 0.280 e. The highest BCUT2D eigenvalue weighted by molar-refractivity contribution is 6.31. The van der Waals surface area contributed by atoms with E-state index in [0.29, 0.717) is 57.7 Å². The number of guanidine groups is 1. The molecule has 2 aromatic rings. The summed E-state index contributed by atoms with van der Waals surface area (Å²) in [5, 5.41) is 5.89. The summed E-state index contributed by atoms with van der Waals surface area (Å²) in [6.45, 7) is 1.73. The van der Waals surface area contributed by atoms with E-state index in [2.05, 4.69) is 49.3 Å². The number of hydrogen-bond donors (Lipinski definition) is 5. The monoisotopic (exact) mass is 539 g/mol. The lowest BCUT2D eigenvalue weighted by atomic mass is 9.88. The molecule has 3 aliphatic rings. The van der Waals surface area contributed by atoms with Crippen molar-refractivity contribution in [1.29, 1.82) is 0 Å². The van der Waals surface area contributed by atoms with Crippen LogP contribution in [0.25, 0.3) is 0 Å². The van der Waals surface area contributed by atoms with E-state index in [0.717, 1.165) is 11.3 Å². The number of amides is 2. The molecule has 1 spiro atoms. The zero-order valence-corrected chi connectivity index (χ0v) is 21.5. The van der Waals surface area contributed by atoms with Gasteiger partial charge < -0.3 is 26.5 Å². The average molecular weight is 540 g/mol. The van der Waals surface area contributed by atoms with Crippen LogP contribution in [0.15, 0.2) is 47.2 Å². The van der Waals surface area contributed by atoms with Gasteiger partial charge in [0, 0.05) is 25.9 Å². The van der Waals surface area contributed by atoms with Crippen molar-refractivity contribution < 1.29 is 14.4 Å². The highest BCUT2D eigenvalue weighted by Crippen LogP contribution is 2.28. The lowest BCUT2D eigenvalue weighted by Gasteiger charge is -2.39. The van der Waals surface area contributed by atoms with Gasteiger partial charge in [0.05, 0.1) is 18.1 Å². The number of piperidine rings is 1. The number of likely N-dealkylation sites (tertiary alicyclic amines) is 1. The number of benzene rings is 1. The van der Waals surface area contributed by atoms with E-state index in [1.165, 1.54) is 0 Å². The second kappa shape index (κ2) is 10.8. The largest absolute Gasteiger partial charge is 0.413 e. The van der Waals surface area contributed by atoms with Gasteiger partial charge in [-0.3, -0.25) is 19.9 Å². The van der Waals surface area contributed by atoms with Gasteiger partial charge in [-0.1, -0.05) is 41.9 Å². The number of hydrogen-bond acceptors (Lipinski definition) is 10. The van der Waals surface area contributed by atoms with Crippen molar-refractivity contribution in [2.24, 2.45) is 4.99 Å². The first kappa shape index (κ1) is 25.7. The summed E-state index contributed by atoms with van der Waals surface area (Å²) in [5.74, 6) is 0.575. The minimum absolute atomic E-state index is 0.0329. The number of aliphatic imine (C=N–C) groups is 1. The number of nitrogens with one attached hydrogen (secondary N) is 3. The van der Waals surface area contributed by atoms with Crippen LogP contribution >= 0.6 is 11.6 Å². The second-order valence-electron chi connectivity index (χ2n) is 9.63. The summed E-state index contributed by atoms with van der Waals surface area (Å²) in [5.41, 5.74) is 15.1. The van der Waals surface area contributed by atoms with Crippen molar-refractivity contribution in [2.45, 2.75) is 43.7 Å². The first-order chi connectivity index (χ1) is 18.3. The number of carbonyl (C=O) groups is 2. The zero-order chi connectivity index (χ0) is 26.7. The number of anilines is 2. The summed E-state index contributed by atoms with van der Waals surface area (Å²) in [6.07, 6.45) is 5.37. The smallest absolute Gasteiger partial charge is 0.280 e. The Morgan fingerprint density at radius 1 is 1.16 bits per heavy atom. The Bertz CT molecular complexity index is 1280. The van der Waals surface area contributed by atoms with Crippen LogP contribution in [0, 0.1) is 0 Å². The van der Waals surface area contributed by atoms with Crippen molar-refractivity contribution in [1.82, 2.24) is 31.0 Å². The number of rotatable bonds is 6. The molecule has 2 amide bonds. The minimum Gasteiger partial charge on any atom is -0.413 e. The standard InChI is InChI=1S/C25H30ClN9O3/c26-20-22(28)31-21(27)19(30-20)23(37)32-24-29-14-25(33-24)9-11-35(12-10-25)18(36)8-4-7-16-13-17(34-38-16)15-5-2-1-3-6-15/h1-3,5-6,13,17,34H,4,7-12,14H2,(H4,27,28,31)(H2,29,32,33,37). The molecular weight excluding hydrogens is 510 g/mol. The number of carbonyl (C=O) groups excluding carboxylic acids is 2. The number of halogens is 1. The predicted molar refractivity (Wildman–Crippen MR) is 143 cm³/mol. The quantitative estimate of drug-likeness (QED) is 0.366. The minimum atomic E-state index is -0.584. The van der Waals surface area contributed by atoms with E-state index >= 15 is 0 Å². The lowest BCUT2D eigenvalue weighted by Crippen LogP contribution is -2.56. The average Bonchev–Trinajstić information content (AvgIpc) is 3.54. The fourth-order valence-electron chi connectivity index (χ4n) is 4.80. The van der Waals surface area contributed by atoms with Gasteiger partial charge in [0.1, 0.15) is 5.76 Å². The van der Waals surface area contributed by atoms with E-state index in [9.17, 15) is 9.59 Å². The summed E-state index contributed by atoms with van der Waals surface area (Å²) < 4.78 is 0. The Balaban J connectivity index is 1.05. The molecule has 1 aromatic heterocycles. The molecule has 12 nitrogen and oxygen atoms in total. The summed E-state index contributed by atoms with van der Waals surface area (Å²) in [7, 11) is 0. The van der Waals surface area contributed by atoms with Crippen molar-refractivity contribution in [3.8, 4) is 0 Å². The fraction of sp³-hybridized carbons (Fsp3) is 0.400. The number of nitrogen functional groups attached to an aromatic ring is 2. The highest BCUT2D eigenvalue weighted by Gasteiger charge is 2.40. The van der Waals surface area contributed by atoms with Gasteiger partial charge in [0.25, 0.3) is 5.91 Å². The molecule has 1 fully saturated rings. The molecule has 1 saturated heterocycles. The third-order valence-corrected chi connectivity index (χ3v) is 7.27. The molecule has 38 heavy (non-hydrogen) atoms. The fourth-order valence-corrected chi connectivity index (χ4v) is 4.92. The van der Waals surface area contributed by atoms with Crippen LogP contribution in [0.4, 0.5) is 11.6 Å². The zero-order valence-electron chi connectivity index (χ0n) is 20.7. The number of hydroxylamine groups is 1. The topological polar surface area (TPSA) is 173 Å². The van der Waals surface area contributed by atoms with Gasteiger partial charge in [-0.15, -0.1) is 5.48 Å². The number of aromatic nitrogens is 2. The van der Waals surface area contributed by atoms with Crippen LogP contribution < -0.4 is 27.6 Å². The van der Waals surface area contributed by atoms with E-state index < -0.39 is 5.91 Å². The molecule has 13 heteroatoms. The molecule has 5 rings (SSSR count). The van der Waals surface area contributed by atoms with Crippen LogP contribution in [-0.2, 0) is 9.63 Å². The SMILES string of the molecule is Nc1nc(N)c(C(=O)NC2=NCC3(CCN(C(=O)CCCC4=CC(c5ccccc5)NO4)CC3)N2)nc1Cl. The van der Waals surface area contributed by atoms with E-state index in [4.69, 9.17) is 27.9 Å². The van der Waals surface area contributed by atoms with Crippen LogP contribution in [0.1, 0.15) is 54.2 Å². The van der Waals surface area contributed by atoms with Gasteiger partial charge in [-0.05, 0) is 30.9 Å². The molecule has 7 N–H and O–H groups in total. The third kappa shape index (κ3) is 5.65. The molecule has 4 heterocycles. The normalized spacial score (nSPS) is 19.9. The summed E-state index contributed by atoms with van der Waals surface area (Å²) in [6, 6.07) is 10.1. The molecule has 0 radical (unpaired) electrons. The lowest BCUT2D eigenvalue weighted by molar-refractivity contribution is -0.132. The van der Waals surface area contributed by atoms with E-state index in [1.54, 1.807) is 0 Å². The van der Waals surface area contributed by atoms with Gasteiger partial charge in [0.2, 0.25) is 5.91 Å². The van der Waals surface area contributed by atoms with Gasteiger partial charge in [0.15, 0.2) is 28.4 Å². The highest BCUT2D eigenvalue weighted by atomic mass is 35.5. The number of nitrogens with two attached hydrogens (primary N) is 2. The van der Waals surface area contributed by atoms with Crippen LogP contribution in [0.2, 0.25) is 5.15 Å². The van der Waals surface area contributed by atoms with Gasteiger partial charge in [-0.2, -0.15) is 0 Å². The summed E-state index contributed by atoms with van der Waals surface area (Å²) in [4.78, 5) is 45.1. The van der Waals surface area contributed by atoms with Gasteiger partial charge >= 0.3 is 0 Å². The van der Waals surface area contributed by atoms with Crippen LogP contribution in [-0.4, -0.2) is 57.8 Å².